The number of benzene rings is 1. The SMILES string of the molecule is C=C/C(=C(\N=CC)[C@H](C)OC)c1c2c3cc(ccc3n1CCOC1CCS(=O)(=O)CC1)-c1csc(n1)C[C@H](NC(=O)C1[C@@H](C)[C@H]1C)C(=O)N1CCC[C@H](N1)C(=O)OCC(C)(C)C2. The first-order valence-electron chi connectivity index (χ1n) is 21.9. The number of methoxy groups -OCH3 is 1. The normalized spacial score (nSPS) is 26.4. The lowest BCUT2D eigenvalue weighted by Crippen LogP contribution is -2.60. The summed E-state index contributed by atoms with van der Waals surface area (Å²) in [4.78, 5) is 51.4. The van der Waals surface area contributed by atoms with E-state index in [4.69, 9.17) is 24.2 Å². The Bertz CT molecular complexity index is 2340. The van der Waals surface area contributed by atoms with E-state index in [2.05, 4.69) is 47.9 Å². The van der Waals surface area contributed by atoms with E-state index in [1.54, 1.807) is 13.3 Å². The number of nitrogens with one attached hydrogen (secondary N) is 2. The molecule has 16 heteroatoms. The van der Waals surface area contributed by atoms with E-state index in [1.165, 1.54) is 16.3 Å². The van der Waals surface area contributed by atoms with Crippen LogP contribution in [0.3, 0.4) is 0 Å². The van der Waals surface area contributed by atoms with Gasteiger partial charge in [0.1, 0.15) is 12.1 Å². The number of nitrogens with zero attached hydrogens (tertiary/aromatic N) is 4. The monoisotopic (exact) mass is 890 g/mol. The zero-order valence-corrected chi connectivity index (χ0v) is 38.7. The molecule has 4 aliphatic rings. The molecule has 6 bridgehead atoms. The molecule has 0 radical (unpaired) electrons. The number of sulfone groups is 1. The number of thiazole rings is 1. The Kier molecular flexibility index (Phi) is 13.9. The first kappa shape index (κ1) is 45.8. The second kappa shape index (κ2) is 18.9. The van der Waals surface area contributed by atoms with E-state index < -0.39 is 33.3 Å². The van der Waals surface area contributed by atoms with Gasteiger partial charge in [0.25, 0.3) is 5.91 Å². The van der Waals surface area contributed by atoms with Crippen molar-refractivity contribution in [1.29, 1.82) is 0 Å². The fraction of sp³-hybridized carbons (Fsp3) is 0.587. The molecule has 3 aliphatic heterocycles. The highest BCUT2D eigenvalue weighted by molar-refractivity contribution is 7.91. The molecule has 0 spiro atoms. The van der Waals surface area contributed by atoms with Gasteiger partial charge in [0, 0.05) is 71.6 Å². The van der Waals surface area contributed by atoms with Crippen molar-refractivity contribution in [1.82, 2.24) is 25.3 Å². The van der Waals surface area contributed by atoms with Crippen molar-refractivity contribution in [2.75, 3.05) is 38.4 Å². The second-order valence-electron chi connectivity index (χ2n) is 18.1. The van der Waals surface area contributed by atoms with Gasteiger partial charge in [-0.25, -0.2) is 18.8 Å². The van der Waals surface area contributed by atoms with Crippen LogP contribution in [0.4, 0.5) is 0 Å². The van der Waals surface area contributed by atoms with Crippen molar-refractivity contribution in [3.8, 4) is 11.3 Å². The Hall–Kier alpha value is -4.22. The van der Waals surface area contributed by atoms with Crippen LogP contribution in [0.1, 0.15) is 83.5 Å². The molecule has 6 atom stereocenters. The topological polar surface area (TPSA) is 171 Å². The van der Waals surface area contributed by atoms with Crippen LogP contribution in [-0.2, 0) is 57.8 Å². The van der Waals surface area contributed by atoms with Crippen molar-refractivity contribution < 1.29 is 37.0 Å². The van der Waals surface area contributed by atoms with Crippen molar-refractivity contribution in [2.45, 2.75) is 111 Å². The predicted octanol–water partition coefficient (Wildman–Crippen LogP) is 5.93. The van der Waals surface area contributed by atoms with Gasteiger partial charge in [0.05, 0.1) is 59.0 Å². The lowest BCUT2D eigenvalue weighted by Gasteiger charge is -2.35. The van der Waals surface area contributed by atoms with Crippen molar-refractivity contribution >= 4 is 61.6 Å². The van der Waals surface area contributed by atoms with E-state index in [-0.39, 0.29) is 66.3 Å². The number of ether oxygens (including phenoxy) is 3. The maximum atomic E-state index is 14.2. The number of hydrazine groups is 1. The Morgan fingerprint density at radius 1 is 1.19 bits per heavy atom. The molecular formula is C46H62N6O8S2. The maximum Gasteiger partial charge on any atom is 0.324 e. The van der Waals surface area contributed by atoms with Gasteiger partial charge in [-0.3, -0.25) is 24.4 Å². The minimum Gasteiger partial charge on any atom is -0.464 e. The molecule has 3 aromatic rings. The first-order valence-corrected chi connectivity index (χ1v) is 24.6. The number of rotatable bonds is 11. The minimum absolute atomic E-state index is 0.102. The second-order valence-corrected chi connectivity index (χ2v) is 21.3. The Morgan fingerprint density at radius 3 is 2.61 bits per heavy atom. The molecule has 1 unspecified atom stereocenters. The summed E-state index contributed by atoms with van der Waals surface area (Å²) in [6.45, 7) is 17.6. The van der Waals surface area contributed by atoms with Gasteiger partial charge in [0.2, 0.25) is 5.91 Å². The van der Waals surface area contributed by atoms with E-state index in [1.807, 2.05) is 45.2 Å². The van der Waals surface area contributed by atoms with Gasteiger partial charge in [0.15, 0.2) is 9.84 Å². The van der Waals surface area contributed by atoms with Crippen molar-refractivity contribution in [3.05, 3.63) is 58.2 Å². The lowest BCUT2D eigenvalue weighted by atomic mass is 9.84. The van der Waals surface area contributed by atoms with Crippen LogP contribution in [0.25, 0.3) is 27.7 Å². The number of fused-ring (bicyclic) bond motifs is 6. The molecular weight excluding hydrogens is 829 g/mol. The third kappa shape index (κ3) is 9.94. The largest absolute Gasteiger partial charge is 0.464 e. The summed E-state index contributed by atoms with van der Waals surface area (Å²) in [5.74, 6) is -0.340. The average molecular weight is 891 g/mol. The number of hydrogen-bond donors (Lipinski definition) is 2. The fourth-order valence-corrected chi connectivity index (χ4v) is 11.4. The highest BCUT2D eigenvalue weighted by atomic mass is 32.2. The summed E-state index contributed by atoms with van der Waals surface area (Å²) in [6, 6.07) is 4.65. The van der Waals surface area contributed by atoms with Crippen molar-refractivity contribution in [2.24, 2.45) is 28.2 Å². The fourth-order valence-electron chi connectivity index (χ4n) is 9.14. The maximum absolute atomic E-state index is 14.2. The van der Waals surface area contributed by atoms with E-state index >= 15 is 0 Å². The summed E-state index contributed by atoms with van der Waals surface area (Å²) in [7, 11) is -1.39. The van der Waals surface area contributed by atoms with Gasteiger partial charge >= 0.3 is 5.97 Å². The Balaban J connectivity index is 1.35. The number of hydrogen-bond acceptors (Lipinski definition) is 12. The van der Waals surface area contributed by atoms with Crippen LogP contribution in [0.5, 0.6) is 0 Å². The van der Waals surface area contributed by atoms with E-state index in [0.29, 0.717) is 62.5 Å². The number of cyclic esters (lactones) is 1. The van der Waals surface area contributed by atoms with Gasteiger partial charge < -0.3 is 24.1 Å². The van der Waals surface area contributed by atoms with Gasteiger partial charge in [-0.2, -0.15) is 0 Å². The van der Waals surface area contributed by atoms with Gasteiger partial charge in [-0.05, 0) is 75.5 Å². The zero-order chi connectivity index (χ0) is 44.5. The standard InChI is InChI=1S/C46H62N6O8S2/c1-9-32(41(47-10-2)29(5)58-8)42-34-24-46(6,7)26-60-45(55)35-12-11-17-52(50-35)44(54)36(49-43(53)40-27(3)28(40)4)23-39-48-37(25-61-39)30-13-14-38(33(34)22-30)51(42)18-19-59-31-15-20-62(56,57)21-16-31/h9-10,13-14,22,25,27-29,31,35-36,40,50H,1,11-12,15-21,23-24,26H2,2-8H3,(H,49,53)/b41-32+,47-10?/t27-,28+,29-,35-,36-,40?/m0/s1. The molecule has 1 saturated carbocycles. The molecule has 2 amide bonds. The molecule has 2 saturated heterocycles. The van der Waals surface area contributed by atoms with E-state index in [0.717, 1.165) is 39.0 Å². The number of carbonyl (C=O) groups is 3. The summed E-state index contributed by atoms with van der Waals surface area (Å²) in [5, 5.41) is 8.19. The van der Waals surface area contributed by atoms with Gasteiger partial charge in [-0.15, -0.1) is 11.3 Å². The molecule has 336 valence electrons. The highest BCUT2D eigenvalue weighted by Gasteiger charge is 2.49. The van der Waals surface area contributed by atoms with Crippen LogP contribution < -0.4 is 10.7 Å². The number of aromatic nitrogens is 2. The molecule has 14 nitrogen and oxygen atoms in total. The van der Waals surface area contributed by atoms with Crippen LogP contribution in [0.2, 0.25) is 0 Å². The molecule has 2 aromatic heterocycles. The smallest absolute Gasteiger partial charge is 0.324 e. The minimum atomic E-state index is -3.04. The number of allylic oxidation sites excluding steroid dienone is 2. The van der Waals surface area contributed by atoms with Crippen LogP contribution in [0, 0.1) is 23.2 Å². The lowest BCUT2D eigenvalue weighted by molar-refractivity contribution is -0.155. The highest BCUT2D eigenvalue weighted by Crippen LogP contribution is 2.45. The summed E-state index contributed by atoms with van der Waals surface area (Å²) in [5.41, 5.74) is 8.53. The molecule has 62 heavy (non-hydrogen) atoms. The average Bonchev–Trinajstić information content (AvgIpc) is 3.50. The molecule has 7 rings (SSSR count). The Labute approximate surface area is 369 Å². The molecule has 2 N–H and O–H groups in total. The zero-order valence-electron chi connectivity index (χ0n) is 37.1. The third-order valence-electron chi connectivity index (χ3n) is 13.0. The van der Waals surface area contributed by atoms with Crippen molar-refractivity contribution in [3.63, 3.8) is 0 Å². The summed E-state index contributed by atoms with van der Waals surface area (Å²) < 4.78 is 45.0. The van der Waals surface area contributed by atoms with Crippen LogP contribution in [-0.4, -0.2) is 110 Å². The quantitative estimate of drug-likeness (QED) is 0.134. The molecule has 1 aromatic carbocycles. The number of amides is 2. The number of esters is 1. The Morgan fingerprint density at radius 2 is 1.94 bits per heavy atom. The van der Waals surface area contributed by atoms with E-state index in [9.17, 15) is 22.8 Å². The number of aliphatic imine (C=N–C) groups is 1. The predicted molar refractivity (Wildman–Crippen MR) is 242 cm³/mol. The van der Waals surface area contributed by atoms with Crippen LogP contribution in [0.15, 0.2) is 46.9 Å². The van der Waals surface area contributed by atoms with Crippen LogP contribution >= 0.6 is 11.3 Å². The summed E-state index contributed by atoms with van der Waals surface area (Å²) >= 11 is 1.44. The van der Waals surface area contributed by atoms with Gasteiger partial charge in [-0.1, -0.05) is 46.4 Å². The summed E-state index contributed by atoms with van der Waals surface area (Å²) in [6.07, 6.45) is 5.73. The molecule has 1 aliphatic carbocycles. The molecule has 3 fully saturated rings. The number of carbonyl (C=O) groups excluding carboxylic acids is 3. The molecule has 5 heterocycles. The first-order chi connectivity index (χ1) is 29.5. The third-order valence-corrected chi connectivity index (χ3v) is 15.6.